The number of aryl methyl sites for hydroxylation is 1. The molecule has 1 saturated heterocycles. The van der Waals surface area contributed by atoms with Gasteiger partial charge in [-0.05, 0) is 36.1 Å². The molecule has 0 aliphatic carbocycles. The molecule has 2 aromatic rings. The van der Waals surface area contributed by atoms with E-state index in [-0.39, 0.29) is 16.5 Å². The molecule has 1 amide bonds. The number of carbonyl (C=O) groups is 1. The number of anilines is 2. The van der Waals surface area contributed by atoms with Crippen molar-refractivity contribution in [3.05, 3.63) is 63.7 Å². The molecule has 7 nitrogen and oxygen atoms in total. The third kappa shape index (κ3) is 5.12. The molecule has 1 fully saturated rings. The number of carbonyl (C=O) groups excluding carboxylic acids is 1. The molecule has 0 radical (unpaired) electrons. The van der Waals surface area contributed by atoms with Crippen molar-refractivity contribution in [1.29, 1.82) is 0 Å². The Kier molecular flexibility index (Phi) is 6.49. The highest BCUT2D eigenvalue weighted by Gasteiger charge is 2.21. The van der Waals surface area contributed by atoms with Crippen molar-refractivity contribution in [2.75, 3.05) is 42.9 Å². The molecule has 1 N–H and O–H groups in total. The number of nitro groups is 1. The van der Waals surface area contributed by atoms with E-state index < -0.39 is 0 Å². The lowest BCUT2D eigenvalue weighted by atomic mass is 9.98. The minimum absolute atomic E-state index is 0.00462. The number of non-ortho nitro benzene ring substituents is 1. The number of hydrogen-bond donors (Lipinski definition) is 1. The fourth-order valence-electron chi connectivity index (χ4n) is 3.67. The first-order valence-electron chi connectivity index (χ1n) is 9.96. The number of rotatable bonds is 6. The zero-order valence-corrected chi connectivity index (χ0v) is 17.2. The number of nitro benzene ring substituents is 1. The summed E-state index contributed by atoms with van der Waals surface area (Å²) in [5.41, 5.74) is 4.23. The molecule has 0 aromatic heterocycles. The molecular weight excluding hydrogens is 368 g/mol. The van der Waals surface area contributed by atoms with Crippen molar-refractivity contribution in [3.8, 4) is 0 Å². The second-order valence-corrected chi connectivity index (χ2v) is 7.78. The lowest BCUT2D eigenvalue weighted by Gasteiger charge is -2.35. The highest BCUT2D eigenvalue weighted by molar-refractivity contribution is 5.94. The molecule has 7 heteroatoms. The predicted octanol–water partition coefficient (Wildman–Crippen LogP) is 3.79. The average Bonchev–Trinajstić information content (AvgIpc) is 2.70. The first kappa shape index (κ1) is 20.8. The van der Waals surface area contributed by atoms with Crippen molar-refractivity contribution in [2.45, 2.75) is 26.7 Å². The zero-order valence-electron chi connectivity index (χ0n) is 17.2. The molecular formula is C22H28N4O3. The Balaban J connectivity index is 1.54. The van der Waals surface area contributed by atoms with Gasteiger partial charge in [-0.1, -0.05) is 32.0 Å². The van der Waals surface area contributed by atoms with E-state index in [1.165, 1.54) is 12.1 Å². The maximum Gasteiger partial charge on any atom is 0.269 e. The summed E-state index contributed by atoms with van der Waals surface area (Å²) in [5.74, 6) is 0.348. The van der Waals surface area contributed by atoms with Gasteiger partial charge in [0, 0.05) is 49.7 Å². The van der Waals surface area contributed by atoms with Crippen LogP contribution in [-0.2, 0) is 4.79 Å². The molecule has 0 spiro atoms. The van der Waals surface area contributed by atoms with Gasteiger partial charge >= 0.3 is 0 Å². The number of nitrogens with one attached hydrogen (secondary N) is 1. The quantitative estimate of drug-likeness (QED) is 0.594. The van der Waals surface area contributed by atoms with Crippen molar-refractivity contribution in [1.82, 2.24) is 4.90 Å². The first-order chi connectivity index (χ1) is 13.8. The van der Waals surface area contributed by atoms with Crippen molar-refractivity contribution in [2.24, 2.45) is 0 Å². The van der Waals surface area contributed by atoms with Gasteiger partial charge in [-0.2, -0.15) is 0 Å². The second-order valence-electron chi connectivity index (χ2n) is 7.78. The molecule has 2 aromatic carbocycles. The lowest BCUT2D eigenvalue weighted by Crippen LogP contribution is -2.48. The number of piperazine rings is 1. The van der Waals surface area contributed by atoms with Crippen LogP contribution in [-0.4, -0.2) is 48.5 Å². The van der Waals surface area contributed by atoms with E-state index in [1.807, 2.05) is 19.1 Å². The van der Waals surface area contributed by atoms with Gasteiger partial charge < -0.3 is 10.2 Å². The van der Waals surface area contributed by atoms with Crippen LogP contribution in [0.25, 0.3) is 0 Å². The summed E-state index contributed by atoms with van der Waals surface area (Å²) in [5, 5.41) is 13.9. The number of para-hydroxylation sites is 1. The van der Waals surface area contributed by atoms with Crippen molar-refractivity contribution >= 4 is 23.0 Å². The summed E-state index contributed by atoms with van der Waals surface area (Å²) < 4.78 is 0. The van der Waals surface area contributed by atoms with Crippen molar-refractivity contribution in [3.63, 3.8) is 0 Å². The van der Waals surface area contributed by atoms with E-state index in [1.54, 1.807) is 12.1 Å². The largest absolute Gasteiger partial charge is 0.369 e. The third-order valence-corrected chi connectivity index (χ3v) is 5.36. The highest BCUT2D eigenvalue weighted by atomic mass is 16.6. The van der Waals surface area contributed by atoms with Crippen LogP contribution in [0, 0.1) is 17.0 Å². The Hall–Kier alpha value is -2.93. The summed E-state index contributed by atoms with van der Waals surface area (Å²) in [7, 11) is 0. The monoisotopic (exact) mass is 396 g/mol. The first-order valence-corrected chi connectivity index (χ1v) is 9.96. The Labute approximate surface area is 171 Å². The Morgan fingerprint density at radius 3 is 2.34 bits per heavy atom. The summed E-state index contributed by atoms with van der Waals surface area (Å²) in [4.78, 5) is 27.4. The Morgan fingerprint density at radius 1 is 1.10 bits per heavy atom. The van der Waals surface area contributed by atoms with Gasteiger partial charge in [0.1, 0.15) is 0 Å². The normalized spacial score (nSPS) is 14.8. The summed E-state index contributed by atoms with van der Waals surface area (Å²) in [6.45, 7) is 9.75. The second kappa shape index (κ2) is 9.05. The smallest absolute Gasteiger partial charge is 0.269 e. The van der Waals surface area contributed by atoms with E-state index in [0.717, 1.165) is 48.7 Å². The molecule has 0 bridgehead atoms. The fraction of sp³-hybridized carbons (Fsp3) is 0.409. The summed E-state index contributed by atoms with van der Waals surface area (Å²) >= 11 is 0. The van der Waals surface area contributed by atoms with Crippen LogP contribution in [0.1, 0.15) is 30.9 Å². The van der Waals surface area contributed by atoms with E-state index >= 15 is 0 Å². The summed E-state index contributed by atoms with van der Waals surface area (Å²) in [6, 6.07) is 12.7. The van der Waals surface area contributed by atoms with Crippen molar-refractivity contribution < 1.29 is 9.72 Å². The van der Waals surface area contributed by atoms with Crippen LogP contribution in [0.4, 0.5) is 17.1 Å². The minimum atomic E-state index is -0.389. The number of benzene rings is 2. The van der Waals surface area contributed by atoms with E-state index in [2.05, 4.69) is 35.0 Å². The van der Waals surface area contributed by atoms with E-state index in [4.69, 9.17) is 0 Å². The maximum atomic E-state index is 12.6. The molecule has 0 unspecified atom stereocenters. The molecule has 0 atom stereocenters. The number of hydrogen-bond acceptors (Lipinski definition) is 5. The van der Waals surface area contributed by atoms with Gasteiger partial charge in [-0.3, -0.25) is 19.8 Å². The predicted molar refractivity (Wildman–Crippen MR) is 116 cm³/mol. The molecule has 1 heterocycles. The van der Waals surface area contributed by atoms with E-state index in [0.29, 0.717) is 12.5 Å². The molecule has 1 aliphatic rings. The molecule has 3 rings (SSSR count). The van der Waals surface area contributed by atoms with Crippen LogP contribution in [0.15, 0.2) is 42.5 Å². The van der Waals surface area contributed by atoms with Crippen LogP contribution >= 0.6 is 0 Å². The van der Waals surface area contributed by atoms with Gasteiger partial charge in [0.05, 0.1) is 11.5 Å². The topological polar surface area (TPSA) is 78.7 Å². The number of amides is 1. The zero-order chi connectivity index (χ0) is 21.0. The van der Waals surface area contributed by atoms with Crippen LogP contribution in [0.5, 0.6) is 0 Å². The lowest BCUT2D eigenvalue weighted by molar-refractivity contribution is -0.384. The van der Waals surface area contributed by atoms with Gasteiger partial charge in [0.2, 0.25) is 5.91 Å². The van der Waals surface area contributed by atoms with Gasteiger partial charge in [-0.15, -0.1) is 0 Å². The van der Waals surface area contributed by atoms with Gasteiger partial charge in [0.25, 0.3) is 5.69 Å². The van der Waals surface area contributed by atoms with Crippen LogP contribution < -0.4 is 10.2 Å². The average molecular weight is 396 g/mol. The number of nitrogens with zero attached hydrogens (tertiary/aromatic N) is 3. The highest BCUT2D eigenvalue weighted by Crippen LogP contribution is 2.27. The van der Waals surface area contributed by atoms with Crippen LogP contribution in [0.3, 0.4) is 0 Å². The van der Waals surface area contributed by atoms with Gasteiger partial charge in [-0.25, -0.2) is 0 Å². The summed E-state index contributed by atoms with van der Waals surface area (Å²) in [6.07, 6.45) is 0. The Morgan fingerprint density at radius 2 is 1.76 bits per heavy atom. The molecule has 0 saturated carbocycles. The maximum absolute atomic E-state index is 12.6. The molecule has 1 aliphatic heterocycles. The van der Waals surface area contributed by atoms with Gasteiger partial charge in [0.15, 0.2) is 0 Å². The minimum Gasteiger partial charge on any atom is -0.369 e. The van der Waals surface area contributed by atoms with Crippen LogP contribution in [0.2, 0.25) is 0 Å². The third-order valence-electron chi connectivity index (χ3n) is 5.36. The standard InChI is InChI=1S/C22H28N4O3/c1-16(2)20-6-4-5-17(3)22(20)23-21(27)15-24-11-13-25(14-12-24)18-7-9-19(10-8-18)26(28)29/h4-10,16H,11-15H2,1-3H3,(H,23,27). The Bertz CT molecular complexity index is 872. The molecule has 154 valence electrons. The van der Waals surface area contributed by atoms with E-state index in [9.17, 15) is 14.9 Å². The molecule has 29 heavy (non-hydrogen) atoms. The fourth-order valence-corrected chi connectivity index (χ4v) is 3.67. The SMILES string of the molecule is Cc1cccc(C(C)C)c1NC(=O)CN1CCN(c2ccc([N+](=O)[O-])cc2)CC1.